The molecule has 5 heterocycles. The number of hydrogen-bond acceptors (Lipinski definition) is 20. The van der Waals surface area contributed by atoms with Crippen molar-refractivity contribution in [1.82, 2.24) is 0 Å². The number of carbonyl (C=O) groups is 3. The maximum absolute atomic E-state index is 11.2. The van der Waals surface area contributed by atoms with Gasteiger partial charge >= 0.3 is 18.3 Å². The normalized spacial score (nSPS) is 42.7. The highest BCUT2D eigenvalue weighted by atomic mass is 16.8. The Labute approximate surface area is 262 Å². The van der Waals surface area contributed by atoms with Crippen LogP contribution < -0.4 is 0 Å². The zero-order chi connectivity index (χ0) is 34.3. The molecule has 20 nitrogen and oxygen atoms in total. The molecule has 6 N–H and O–H groups in total. The Hall–Kier alpha value is -2.47. The number of methoxy groups -OCH3 is 3. The van der Waals surface area contributed by atoms with E-state index in [0.717, 1.165) is 0 Å². The fraction of sp³-hybridized carbons (Fsp3) is 0.885. The fourth-order valence-electron chi connectivity index (χ4n) is 5.26. The van der Waals surface area contributed by atoms with Gasteiger partial charge in [0, 0.05) is 28.3 Å². The van der Waals surface area contributed by atoms with Crippen LogP contribution in [0.2, 0.25) is 0 Å². The summed E-state index contributed by atoms with van der Waals surface area (Å²) in [6.45, 7) is 2.38. The quantitative estimate of drug-likeness (QED) is 0.114. The van der Waals surface area contributed by atoms with Gasteiger partial charge in [0.1, 0.15) is 42.7 Å². The Morgan fingerprint density at radius 2 is 1.09 bits per heavy atom. The lowest BCUT2D eigenvalue weighted by Crippen LogP contribution is -2.58. The zero-order valence-electron chi connectivity index (χ0n) is 25.7. The molecule has 0 bridgehead atoms. The second kappa shape index (κ2) is 17.1. The highest BCUT2D eigenvalue weighted by molar-refractivity contribution is 5.67. The van der Waals surface area contributed by atoms with Gasteiger partial charge in [-0.1, -0.05) is 6.92 Å². The molecule has 0 aliphatic carbocycles. The van der Waals surface area contributed by atoms with E-state index in [4.69, 9.17) is 62.3 Å². The summed E-state index contributed by atoms with van der Waals surface area (Å²) in [5, 5.41) is 55.3. The van der Waals surface area contributed by atoms with Crippen molar-refractivity contribution < 1.29 is 97.1 Å². The third-order valence-electron chi connectivity index (χ3n) is 7.56. The van der Waals surface area contributed by atoms with Gasteiger partial charge in [-0.05, 0) is 6.42 Å². The predicted molar refractivity (Wildman–Crippen MR) is 141 cm³/mol. The van der Waals surface area contributed by atoms with Gasteiger partial charge in [-0.2, -0.15) is 0 Å². The number of aliphatic hydroxyl groups is 6. The van der Waals surface area contributed by atoms with Crippen LogP contribution in [-0.2, 0) is 56.9 Å². The fourth-order valence-corrected chi connectivity index (χ4v) is 5.26. The van der Waals surface area contributed by atoms with Gasteiger partial charge in [-0.15, -0.1) is 0 Å². The zero-order valence-corrected chi connectivity index (χ0v) is 25.7. The second-order valence-corrected chi connectivity index (χ2v) is 10.5. The minimum Gasteiger partial charge on any atom is -0.453 e. The largest absolute Gasteiger partial charge is 0.509 e. The topological polar surface area (TPSA) is 274 Å². The summed E-state index contributed by atoms with van der Waals surface area (Å²) in [4.78, 5) is 33.2. The molecule has 5 saturated heterocycles. The van der Waals surface area contributed by atoms with Crippen LogP contribution in [0.15, 0.2) is 0 Å². The molecule has 0 amide bonds. The molecule has 0 aromatic rings. The van der Waals surface area contributed by atoms with Crippen LogP contribution in [0, 0.1) is 0 Å². The lowest BCUT2D eigenvalue weighted by molar-refractivity contribution is -0.294. The number of rotatable bonds is 7. The van der Waals surface area contributed by atoms with E-state index in [-0.39, 0.29) is 12.7 Å². The lowest BCUT2D eigenvalue weighted by Gasteiger charge is -2.39. The first kappa shape index (κ1) is 38.0. The van der Waals surface area contributed by atoms with E-state index in [1.54, 1.807) is 0 Å². The third kappa shape index (κ3) is 8.51. The van der Waals surface area contributed by atoms with Crippen LogP contribution >= 0.6 is 0 Å². The SMILES string of the molecule is CC[C@H]1O[C@H](OC)[C@H](OC(C)=O)[C@H]2OC(=O)O[C@H]21.CO[C@H]1O[C@H](CO)[C@@H]2OC(=O)O[C@@H]2[C@H]1O.CO[C@H]1O[C@H](CO)[C@H](O)[C@H](O)[C@H]1O. The van der Waals surface area contributed by atoms with Gasteiger partial charge < -0.3 is 82.7 Å². The minimum atomic E-state index is -1.36. The standard InChI is InChI=1S/C11H16O7.C8H12O7.C7H14O6/c1-4-6-7-8(18-11(13)17-7)9(15-5(2)12)10(14-3)16-6;1-12-7-4(10)6-5(3(2-9)13-7)14-8(11)15-6;1-12-7-6(11)5(10)4(9)3(2-8)13-7/h6-10H,4H2,1-3H3;3-7,9-10H,2H2,1H3;3-11H,2H2,1H3/t6-,7+,8+,9-,10+;3-,4-,5+,6-,7+;3-,4+,5+,6-,7+/m111/s1. The molecule has 20 heteroatoms. The summed E-state index contributed by atoms with van der Waals surface area (Å²) in [5.41, 5.74) is 0. The van der Waals surface area contributed by atoms with Crippen molar-refractivity contribution in [3.63, 3.8) is 0 Å². The van der Waals surface area contributed by atoms with E-state index < -0.39 is 111 Å². The van der Waals surface area contributed by atoms with E-state index in [1.165, 1.54) is 28.3 Å². The highest BCUT2D eigenvalue weighted by Gasteiger charge is 2.56. The number of ether oxygens (including phenoxy) is 11. The van der Waals surface area contributed by atoms with Crippen LogP contribution in [-0.4, -0.2) is 176 Å². The highest BCUT2D eigenvalue weighted by Crippen LogP contribution is 2.34. The molecule has 46 heavy (non-hydrogen) atoms. The van der Waals surface area contributed by atoms with Crippen LogP contribution in [0.4, 0.5) is 9.59 Å². The van der Waals surface area contributed by atoms with Crippen molar-refractivity contribution in [1.29, 1.82) is 0 Å². The van der Waals surface area contributed by atoms with Crippen LogP contribution in [0.1, 0.15) is 20.3 Å². The first-order chi connectivity index (χ1) is 21.8. The number of esters is 1. The first-order valence-electron chi connectivity index (χ1n) is 14.3. The average Bonchev–Trinajstić information content (AvgIpc) is 3.63. The van der Waals surface area contributed by atoms with E-state index in [1.807, 2.05) is 6.92 Å². The number of carbonyl (C=O) groups excluding carboxylic acids is 3. The van der Waals surface area contributed by atoms with Crippen molar-refractivity contribution in [2.24, 2.45) is 0 Å². The van der Waals surface area contributed by atoms with Gasteiger partial charge in [-0.25, -0.2) is 9.59 Å². The molecule has 0 spiro atoms. The average molecular weight is 675 g/mol. The Morgan fingerprint density at radius 1 is 0.630 bits per heavy atom. The molecule has 0 saturated carbocycles. The van der Waals surface area contributed by atoms with Gasteiger partial charge in [-0.3, -0.25) is 4.79 Å². The van der Waals surface area contributed by atoms with Crippen molar-refractivity contribution in [2.45, 2.75) is 112 Å². The summed E-state index contributed by atoms with van der Waals surface area (Å²) in [6.07, 6.45) is -14.5. The van der Waals surface area contributed by atoms with Crippen LogP contribution in [0.25, 0.3) is 0 Å². The van der Waals surface area contributed by atoms with Crippen molar-refractivity contribution in [3.05, 3.63) is 0 Å². The van der Waals surface area contributed by atoms with Gasteiger partial charge in [0.25, 0.3) is 0 Å². The molecule has 0 aromatic heterocycles. The van der Waals surface area contributed by atoms with E-state index in [2.05, 4.69) is 0 Å². The number of hydrogen-bond donors (Lipinski definition) is 6. The van der Waals surface area contributed by atoms with Gasteiger partial charge in [0.2, 0.25) is 0 Å². The van der Waals surface area contributed by atoms with Crippen LogP contribution in [0.5, 0.6) is 0 Å². The summed E-state index contributed by atoms with van der Waals surface area (Å²) >= 11 is 0. The summed E-state index contributed by atoms with van der Waals surface area (Å²) in [7, 11) is 4.08. The van der Waals surface area contributed by atoms with E-state index >= 15 is 0 Å². The number of fused-ring (bicyclic) bond motifs is 2. The van der Waals surface area contributed by atoms with E-state index in [9.17, 15) is 34.8 Å². The molecule has 5 aliphatic heterocycles. The minimum absolute atomic E-state index is 0.335. The van der Waals surface area contributed by atoms with Crippen molar-refractivity contribution in [3.8, 4) is 0 Å². The predicted octanol–water partition coefficient (Wildman–Crippen LogP) is -3.35. The Balaban J connectivity index is 0.000000191. The van der Waals surface area contributed by atoms with Crippen LogP contribution in [0.3, 0.4) is 0 Å². The maximum Gasteiger partial charge on any atom is 0.509 e. The van der Waals surface area contributed by atoms with E-state index in [0.29, 0.717) is 6.42 Å². The smallest absolute Gasteiger partial charge is 0.453 e. The molecule has 5 fully saturated rings. The summed E-state index contributed by atoms with van der Waals surface area (Å²) < 4.78 is 55.1. The third-order valence-corrected chi connectivity index (χ3v) is 7.56. The molecule has 5 aliphatic rings. The van der Waals surface area contributed by atoms with Gasteiger partial charge in [0.15, 0.2) is 49.4 Å². The second-order valence-electron chi connectivity index (χ2n) is 10.5. The Bertz CT molecular complexity index is 979. The maximum atomic E-state index is 11.2. The monoisotopic (exact) mass is 674 g/mol. The lowest BCUT2D eigenvalue weighted by atomic mass is 9.97. The molecule has 0 aromatic carbocycles. The molecular weight excluding hydrogens is 632 g/mol. The summed E-state index contributed by atoms with van der Waals surface area (Å²) in [6, 6.07) is 0. The van der Waals surface area contributed by atoms with Gasteiger partial charge in [0.05, 0.1) is 13.2 Å². The summed E-state index contributed by atoms with van der Waals surface area (Å²) in [5.74, 6) is -0.498. The molecule has 0 unspecified atom stereocenters. The molecule has 266 valence electrons. The molecular formula is C26H42O20. The molecule has 5 rings (SSSR count). The molecule has 0 radical (unpaired) electrons. The Morgan fingerprint density at radius 3 is 1.59 bits per heavy atom. The molecule has 15 atom stereocenters. The number of aliphatic hydroxyl groups excluding tert-OH is 6. The van der Waals surface area contributed by atoms with Crippen molar-refractivity contribution in [2.75, 3.05) is 34.5 Å². The van der Waals surface area contributed by atoms with Crippen molar-refractivity contribution >= 4 is 18.3 Å². The Kier molecular flexibility index (Phi) is 14.1. The first-order valence-corrected chi connectivity index (χ1v) is 14.3.